The number of hydrogen-bond donors (Lipinski definition) is 1. The number of anilines is 1. The molecule has 2 aromatic carbocycles. The fraction of sp³-hybridized carbons (Fsp3) is 0.316. The number of carbonyl (C=O) groups excluding carboxylic acids is 1. The third-order valence-electron chi connectivity index (χ3n) is 4.89. The normalized spacial score (nSPS) is 16.4. The molecule has 0 aromatic heterocycles. The smallest absolute Gasteiger partial charge is 0.242 e. The van der Waals surface area contributed by atoms with Crippen LogP contribution in [0.1, 0.15) is 24.0 Å². The Hall–Kier alpha value is -1.41. The Balaban J connectivity index is 1.68. The molecule has 1 N–H and O–H groups in total. The number of halogens is 2. The minimum atomic E-state index is -3.83. The van der Waals surface area contributed by atoms with E-state index in [1.54, 1.807) is 29.2 Å². The maximum absolute atomic E-state index is 13.1. The summed E-state index contributed by atoms with van der Waals surface area (Å²) in [5, 5.41) is 0.505. The van der Waals surface area contributed by atoms with Gasteiger partial charge in [0.25, 0.3) is 0 Å². The van der Waals surface area contributed by atoms with Crippen molar-refractivity contribution in [2.24, 2.45) is 5.92 Å². The fourth-order valence-electron chi connectivity index (χ4n) is 3.34. The van der Waals surface area contributed by atoms with Crippen LogP contribution in [0.25, 0.3) is 0 Å². The van der Waals surface area contributed by atoms with Crippen molar-refractivity contribution >= 4 is 49.1 Å². The van der Waals surface area contributed by atoms with Crippen LogP contribution in [0, 0.1) is 5.92 Å². The lowest BCUT2D eigenvalue weighted by Crippen LogP contribution is -2.32. The van der Waals surface area contributed by atoms with Gasteiger partial charge in [0.05, 0.1) is 5.69 Å². The monoisotopic (exact) mass is 468 g/mol. The molecule has 0 atom stereocenters. The molecule has 0 saturated heterocycles. The average molecular weight is 470 g/mol. The van der Waals surface area contributed by atoms with E-state index in [1.807, 2.05) is 12.1 Å². The van der Waals surface area contributed by atoms with Gasteiger partial charge in [-0.05, 0) is 48.6 Å². The number of sulfonamides is 1. The van der Waals surface area contributed by atoms with Crippen LogP contribution in [0.2, 0.25) is 5.02 Å². The molecule has 142 valence electrons. The minimum Gasteiger partial charge on any atom is -0.310 e. The summed E-state index contributed by atoms with van der Waals surface area (Å²) in [4.78, 5) is 14.4. The molecule has 0 unspecified atom stereocenters. The van der Waals surface area contributed by atoms with E-state index in [-0.39, 0.29) is 23.3 Å². The molecule has 5 nitrogen and oxygen atoms in total. The minimum absolute atomic E-state index is 0.0265. The molecule has 2 aromatic rings. The summed E-state index contributed by atoms with van der Waals surface area (Å²) in [6.45, 7) is 0.605. The molecule has 1 amide bonds. The Bertz CT molecular complexity index is 1020. The lowest BCUT2D eigenvalue weighted by atomic mass is 10.2. The number of fused-ring (bicyclic) bond motifs is 1. The third-order valence-corrected chi connectivity index (χ3v) is 7.13. The van der Waals surface area contributed by atoms with E-state index in [0.717, 1.165) is 18.4 Å². The Morgan fingerprint density at radius 2 is 2.00 bits per heavy atom. The van der Waals surface area contributed by atoms with Crippen LogP contribution >= 0.6 is 27.5 Å². The van der Waals surface area contributed by atoms with Gasteiger partial charge in [0.2, 0.25) is 15.9 Å². The number of rotatable bonds is 5. The summed E-state index contributed by atoms with van der Waals surface area (Å²) in [7, 11) is -3.83. The molecular weight excluding hydrogens is 452 g/mol. The second-order valence-electron chi connectivity index (χ2n) is 6.84. The Labute approximate surface area is 171 Å². The summed E-state index contributed by atoms with van der Waals surface area (Å²) in [6, 6.07) is 10.6. The Morgan fingerprint density at radius 3 is 2.70 bits per heavy atom. The van der Waals surface area contributed by atoms with Crippen molar-refractivity contribution in [3.05, 3.63) is 57.0 Å². The molecular formula is C19H18BrClN2O3S. The molecule has 1 aliphatic heterocycles. The van der Waals surface area contributed by atoms with Crippen LogP contribution in [-0.4, -0.2) is 20.9 Å². The number of benzene rings is 2. The number of nitrogens with zero attached hydrogens (tertiary/aromatic N) is 1. The predicted molar refractivity (Wildman–Crippen MR) is 108 cm³/mol. The third kappa shape index (κ3) is 3.78. The van der Waals surface area contributed by atoms with Gasteiger partial charge >= 0.3 is 0 Å². The predicted octanol–water partition coefficient (Wildman–Crippen LogP) is 3.88. The summed E-state index contributed by atoms with van der Waals surface area (Å²) in [6.07, 6.45) is 2.42. The number of carbonyl (C=O) groups is 1. The van der Waals surface area contributed by atoms with Crippen LogP contribution in [-0.2, 0) is 27.8 Å². The molecule has 4 rings (SSSR count). The SMILES string of the molecule is O=C(C1CC1)N1CCc2cc(Br)cc(S(=O)(=O)NCc3ccccc3Cl)c21. The Morgan fingerprint density at radius 1 is 1.26 bits per heavy atom. The van der Waals surface area contributed by atoms with E-state index in [0.29, 0.717) is 33.7 Å². The van der Waals surface area contributed by atoms with Crippen LogP contribution in [0.3, 0.4) is 0 Å². The van der Waals surface area contributed by atoms with Crippen molar-refractivity contribution in [1.29, 1.82) is 0 Å². The standard InChI is InChI=1S/C19H18BrClN2O3S/c20-15-9-13-7-8-23(19(24)12-5-6-12)18(13)17(10-15)27(25,26)22-11-14-3-1-2-4-16(14)21/h1-4,9-10,12,22H,5-8,11H2. The van der Waals surface area contributed by atoms with Gasteiger partial charge in [-0.2, -0.15) is 0 Å². The summed E-state index contributed by atoms with van der Waals surface area (Å²) in [5.74, 6) is 0.0601. The van der Waals surface area contributed by atoms with Crippen molar-refractivity contribution in [1.82, 2.24) is 4.72 Å². The van der Waals surface area contributed by atoms with E-state index in [4.69, 9.17) is 11.6 Å². The average Bonchev–Trinajstić information content (AvgIpc) is 3.40. The van der Waals surface area contributed by atoms with Gasteiger partial charge in [0.15, 0.2) is 0 Å². The van der Waals surface area contributed by atoms with E-state index in [1.165, 1.54) is 0 Å². The quantitative estimate of drug-likeness (QED) is 0.723. The first-order valence-corrected chi connectivity index (χ1v) is 11.4. The van der Waals surface area contributed by atoms with Gasteiger partial charge in [0.1, 0.15) is 4.90 Å². The first kappa shape index (κ1) is 18.9. The van der Waals surface area contributed by atoms with E-state index in [9.17, 15) is 13.2 Å². The number of nitrogens with one attached hydrogen (secondary N) is 1. The van der Waals surface area contributed by atoms with Gasteiger partial charge in [-0.15, -0.1) is 0 Å². The van der Waals surface area contributed by atoms with Crippen molar-refractivity contribution in [2.45, 2.75) is 30.7 Å². The van der Waals surface area contributed by atoms with E-state index < -0.39 is 10.0 Å². The highest BCUT2D eigenvalue weighted by atomic mass is 79.9. The molecule has 27 heavy (non-hydrogen) atoms. The molecule has 0 radical (unpaired) electrons. The van der Waals surface area contributed by atoms with Gasteiger partial charge in [-0.3, -0.25) is 4.79 Å². The largest absolute Gasteiger partial charge is 0.310 e. The van der Waals surface area contributed by atoms with Gasteiger partial charge in [0, 0.05) is 28.5 Å². The Kier molecular flexibility index (Phi) is 5.05. The fourth-order valence-corrected chi connectivity index (χ4v) is 5.48. The van der Waals surface area contributed by atoms with Crippen molar-refractivity contribution in [3.8, 4) is 0 Å². The maximum Gasteiger partial charge on any atom is 0.242 e. The molecule has 0 bridgehead atoms. The van der Waals surface area contributed by atoms with Crippen molar-refractivity contribution in [2.75, 3.05) is 11.4 Å². The first-order valence-electron chi connectivity index (χ1n) is 8.73. The molecule has 1 saturated carbocycles. The number of amides is 1. The van der Waals surface area contributed by atoms with Gasteiger partial charge in [-0.1, -0.05) is 45.7 Å². The van der Waals surface area contributed by atoms with E-state index in [2.05, 4.69) is 20.7 Å². The highest BCUT2D eigenvalue weighted by Crippen LogP contribution is 2.41. The summed E-state index contributed by atoms with van der Waals surface area (Å²) >= 11 is 9.53. The summed E-state index contributed by atoms with van der Waals surface area (Å²) in [5.41, 5.74) is 2.08. The zero-order valence-electron chi connectivity index (χ0n) is 14.4. The molecule has 8 heteroatoms. The van der Waals surface area contributed by atoms with Gasteiger partial charge in [-0.25, -0.2) is 13.1 Å². The number of hydrogen-bond acceptors (Lipinski definition) is 3. The highest BCUT2D eigenvalue weighted by molar-refractivity contribution is 9.10. The molecule has 1 fully saturated rings. The molecule has 2 aliphatic rings. The molecule has 1 aliphatic carbocycles. The first-order chi connectivity index (χ1) is 12.9. The van der Waals surface area contributed by atoms with Crippen LogP contribution in [0.4, 0.5) is 5.69 Å². The topological polar surface area (TPSA) is 66.5 Å². The summed E-state index contributed by atoms with van der Waals surface area (Å²) < 4.78 is 29.4. The van der Waals surface area contributed by atoms with Gasteiger partial charge < -0.3 is 4.90 Å². The lowest BCUT2D eigenvalue weighted by Gasteiger charge is -2.21. The van der Waals surface area contributed by atoms with Crippen LogP contribution in [0.5, 0.6) is 0 Å². The van der Waals surface area contributed by atoms with Crippen LogP contribution in [0.15, 0.2) is 45.8 Å². The molecule has 1 heterocycles. The van der Waals surface area contributed by atoms with Crippen molar-refractivity contribution < 1.29 is 13.2 Å². The van der Waals surface area contributed by atoms with E-state index >= 15 is 0 Å². The zero-order chi connectivity index (χ0) is 19.2. The van der Waals surface area contributed by atoms with Crippen molar-refractivity contribution in [3.63, 3.8) is 0 Å². The highest BCUT2D eigenvalue weighted by Gasteiger charge is 2.39. The maximum atomic E-state index is 13.1. The van der Waals surface area contributed by atoms with Crippen LogP contribution < -0.4 is 9.62 Å². The second-order valence-corrected chi connectivity index (χ2v) is 9.90. The lowest BCUT2D eigenvalue weighted by molar-refractivity contribution is -0.119. The zero-order valence-corrected chi connectivity index (χ0v) is 17.6. The molecule has 0 spiro atoms. The second kappa shape index (κ2) is 7.20.